The molecule has 86 valence electrons. The van der Waals surface area contributed by atoms with Crippen molar-refractivity contribution in [2.24, 2.45) is 11.1 Å². The molecular formula is C12H27NO. The molecule has 0 aliphatic carbocycles. The second-order valence-electron chi connectivity index (χ2n) is 4.79. The Labute approximate surface area is 89.2 Å². The molecule has 2 heteroatoms. The van der Waals surface area contributed by atoms with Gasteiger partial charge < -0.3 is 10.5 Å². The normalized spacial score (nSPS) is 12.0. The fourth-order valence-electron chi connectivity index (χ4n) is 1.26. The summed E-state index contributed by atoms with van der Waals surface area (Å²) in [4.78, 5) is 0. The minimum Gasteiger partial charge on any atom is -0.381 e. The Balaban J connectivity index is 3.13. The van der Waals surface area contributed by atoms with Gasteiger partial charge in [0, 0.05) is 13.2 Å². The lowest BCUT2D eigenvalue weighted by atomic mass is 9.87. The lowest BCUT2D eigenvalue weighted by Crippen LogP contribution is -2.23. The summed E-state index contributed by atoms with van der Waals surface area (Å²) >= 11 is 0. The van der Waals surface area contributed by atoms with E-state index in [9.17, 15) is 0 Å². The van der Waals surface area contributed by atoms with Gasteiger partial charge in [-0.05, 0) is 31.2 Å². The van der Waals surface area contributed by atoms with Crippen LogP contribution in [0.15, 0.2) is 0 Å². The summed E-state index contributed by atoms with van der Waals surface area (Å²) in [7, 11) is 0. The molecule has 0 heterocycles. The van der Waals surface area contributed by atoms with E-state index in [1.807, 2.05) is 0 Å². The van der Waals surface area contributed by atoms with E-state index in [0.717, 1.165) is 19.8 Å². The van der Waals surface area contributed by atoms with Gasteiger partial charge in [-0.15, -0.1) is 0 Å². The zero-order chi connectivity index (χ0) is 10.9. The van der Waals surface area contributed by atoms with Crippen LogP contribution in [-0.4, -0.2) is 19.8 Å². The molecule has 0 fully saturated rings. The first kappa shape index (κ1) is 13.9. The standard InChI is InChI=1S/C12H27NO/c1-4-5-9-14-10-7-6-8-12(2,3)11-13/h4-11,13H2,1-3H3. The van der Waals surface area contributed by atoms with Crippen LogP contribution in [0.3, 0.4) is 0 Å². The highest BCUT2D eigenvalue weighted by Gasteiger charge is 2.13. The average molecular weight is 201 g/mol. The second kappa shape index (κ2) is 8.25. The molecule has 0 radical (unpaired) electrons. The van der Waals surface area contributed by atoms with E-state index < -0.39 is 0 Å². The first-order valence-electron chi connectivity index (χ1n) is 5.90. The van der Waals surface area contributed by atoms with Gasteiger partial charge in [0.1, 0.15) is 0 Å². The Kier molecular flexibility index (Phi) is 8.20. The van der Waals surface area contributed by atoms with Crippen LogP contribution in [0.5, 0.6) is 0 Å². The number of unbranched alkanes of at least 4 members (excludes halogenated alkanes) is 2. The van der Waals surface area contributed by atoms with Gasteiger partial charge in [0.15, 0.2) is 0 Å². The summed E-state index contributed by atoms with van der Waals surface area (Å²) in [5.41, 5.74) is 5.96. The molecule has 0 bridgehead atoms. The van der Waals surface area contributed by atoms with Gasteiger partial charge in [-0.2, -0.15) is 0 Å². The van der Waals surface area contributed by atoms with Crippen LogP contribution >= 0.6 is 0 Å². The van der Waals surface area contributed by atoms with E-state index in [4.69, 9.17) is 10.5 Å². The summed E-state index contributed by atoms with van der Waals surface area (Å²) < 4.78 is 5.49. The number of rotatable bonds is 9. The van der Waals surface area contributed by atoms with Crippen LogP contribution in [0.1, 0.15) is 52.9 Å². The highest BCUT2D eigenvalue weighted by molar-refractivity contribution is 4.68. The summed E-state index contributed by atoms with van der Waals surface area (Å²) in [5, 5.41) is 0. The van der Waals surface area contributed by atoms with Gasteiger partial charge in [0.25, 0.3) is 0 Å². The molecule has 0 atom stereocenters. The molecule has 0 saturated heterocycles. The molecule has 0 aliphatic heterocycles. The summed E-state index contributed by atoms with van der Waals surface area (Å²) in [6.07, 6.45) is 6.03. The van der Waals surface area contributed by atoms with Crippen molar-refractivity contribution in [3.05, 3.63) is 0 Å². The van der Waals surface area contributed by atoms with Gasteiger partial charge in [-0.3, -0.25) is 0 Å². The maximum Gasteiger partial charge on any atom is 0.0466 e. The van der Waals surface area contributed by atoms with Gasteiger partial charge in [-0.25, -0.2) is 0 Å². The van der Waals surface area contributed by atoms with Crippen LogP contribution in [0.25, 0.3) is 0 Å². The Hall–Kier alpha value is -0.0800. The maximum absolute atomic E-state index is 5.66. The molecule has 0 aromatic carbocycles. The van der Waals surface area contributed by atoms with Crippen LogP contribution in [0.4, 0.5) is 0 Å². The van der Waals surface area contributed by atoms with Gasteiger partial charge >= 0.3 is 0 Å². The molecule has 0 aromatic rings. The van der Waals surface area contributed by atoms with Crippen molar-refractivity contribution in [1.82, 2.24) is 0 Å². The maximum atomic E-state index is 5.66. The van der Waals surface area contributed by atoms with Crippen molar-refractivity contribution in [1.29, 1.82) is 0 Å². The highest BCUT2D eigenvalue weighted by Crippen LogP contribution is 2.20. The molecule has 0 saturated carbocycles. The Morgan fingerprint density at radius 1 is 1.07 bits per heavy atom. The fourth-order valence-corrected chi connectivity index (χ4v) is 1.26. The highest BCUT2D eigenvalue weighted by atomic mass is 16.5. The lowest BCUT2D eigenvalue weighted by Gasteiger charge is -2.21. The SMILES string of the molecule is CCCCOCCCCC(C)(C)CN. The van der Waals surface area contributed by atoms with Crippen molar-refractivity contribution in [3.8, 4) is 0 Å². The predicted molar refractivity (Wildman–Crippen MR) is 62.4 cm³/mol. The van der Waals surface area contributed by atoms with E-state index in [0.29, 0.717) is 5.41 Å². The van der Waals surface area contributed by atoms with Crippen LogP contribution in [0, 0.1) is 5.41 Å². The largest absolute Gasteiger partial charge is 0.381 e. The molecule has 0 unspecified atom stereocenters. The van der Waals surface area contributed by atoms with Crippen LogP contribution < -0.4 is 5.73 Å². The fraction of sp³-hybridized carbons (Fsp3) is 1.00. The number of hydrogen-bond donors (Lipinski definition) is 1. The van der Waals surface area contributed by atoms with Gasteiger partial charge in [0.05, 0.1) is 0 Å². The van der Waals surface area contributed by atoms with E-state index >= 15 is 0 Å². The van der Waals surface area contributed by atoms with Gasteiger partial charge in [-0.1, -0.05) is 33.6 Å². The van der Waals surface area contributed by atoms with E-state index in [-0.39, 0.29) is 0 Å². The molecule has 0 spiro atoms. The molecule has 14 heavy (non-hydrogen) atoms. The Morgan fingerprint density at radius 2 is 1.71 bits per heavy atom. The third-order valence-corrected chi connectivity index (χ3v) is 2.59. The molecule has 2 N–H and O–H groups in total. The predicted octanol–water partition coefficient (Wildman–Crippen LogP) is 2.96. The molecule has 0 aliphatic rings. The molecule has 0 aromatic heterocycles. The second-order valence-corrected chi connectivity index (χ2v) is 4.79. The quantitative estimate of drug-likeness (QED) is 0.582. The number of hydrogen-bond acceptors (Lipinski definition) is 2. The van der Waals surface area contributed by atoms with Crippen molar-refractivity contribution in [2.45, 2.75) is 52.9 Å². The van der Waals surface area contributed by atoms with Gasteiger partial charge in [0.2, 0.25) is 0 Å². The average Bonchev–Trinajstić information content (AvgIpc) is 2.16. The third-order valence-electron chi connectivity index (χ3n) is 2.59. The van der Waals surface area contributed by atoms with E-state index in [1.165, 1.54) is 32.1 Å². The third kappa shape index (κ3) is 8.52. The van der Waals surface area contributed by atoms with Crippen molar-refractivity contribution in [3.63, 3.8) is 0 Å². The first-order chi connectivity index (χ1) is 6.62. The van der Waals surface area contributed by atoms with Crippen molar-refractivity contribution < 1.29 is 4.74 Å². The minimum atomic E-state index is 0.309. The van der Waals surface area contributed by atoms with Crippen LogP contribution in [-0.2, 0) is 4.74 Å². The number of nitrogens with two attached hydrogens (primary N) is 1. The topological polar surface area (TPSA) is 35.2 Å². The Morgan fingerprint density at radius 3 is 2.29 bits per heavy atom. The number of ether oxygens (including phenoxy) is 1. The van der Waals surface area contributed by atoms with Crippen LogP contribution in [0.2, 0.25) is 0 Å². The first-order valence-corrected chi connectivity index (χ1v) is 5.90. The van der Waals surface area contributed by atoms with E-state index in [1.54, 1.807) is 0 Å². The molecule has 0 rings (SSSR count). The molecule has 2 nitrogen and oxygen atoms in total. The zero-order valence-electron chi connectivity index (χ0n) is 10.1. The summed E-state index contributed by atoms with van der Waals surface area (Å²) in [6, 6.07) is 0. The molecule has 0 amide bonds. The summed E-state index contributed by atoms with van der Waals surface area (Å²) in [6.45, 7) is 9.27. The smallest absolute Gasteiger partial charge is 0.0466 e. The Bertz CT molecular complexity index is 123. The minimum absolute atomic E-state index is 0.309. The summed E-state index contributed by atoms with van der Waals surface area (Å²) in [5.74, 6) is 0. The zero-order valence-corrected chi connectivity index (χ0v) is 10.1. The van der Waals surface area contributed by atoms with E-state index in [2.05, 4.69) is 20.8 Å². The van der Waals surface area contributed by atoms with Crippen molar-refractivity contribution in [2.75, 3.05) is 19.8 Å². The lowest BCUT2D eigenvalue weighted by molar-refractivity contribution is 0.124. The van der Waals surface area contributed by atoms with Crippen molar-refractivity contribution >= 4 is 0 Å². The molecular weight excluding hydrogens is 174 g/mol. The monoisotopic (exact) mass is 201 g/mol.